The second-order valence-corrected chi connectivity index (χ2v) is 5.35. The van der Waals surface area contributed by atoms with Crippen molar-refractivity contribution in [2.24, 2.45) is 0 Å². The van der Waals surface area contributed by atoms with E-state index in [0.717, 1.165) is 5.56 Å². The maximum Gasteiger partial charge on any atom is 0.336 e. The van der Waals surface area contributed by atoms with Crippen molar-refractivity contribution in [1.29, 1.82) is 0 Å². The Balaban J connectivity index is 1.92. The summed E-state index contributed by atoms with van der Waals surface area (Å²) in [4.78, 5) is 27.3. The third-order valence-corrected chi connectivity index (χ3v) is 3.65. The number of urea groups is 1. The van der Waals surface area contributed by atoms with Crippen LogP contribution in [0, 0.1) is 6.92 Å². The average molecular weight is 301 g/mol. The van der Waals surface area contributed by atoms with E-state index in [-0.39, 0.29) is 18.5 Å². The molecule has 1 saturated heterocycles. The summed E-state index contributed by atoms with van der Waals surface area (Å²) < 4.78 is 0. The van der Waals surface area contributed by atoms with Gasteiger partial charge >= 0.3 is 6.03 Å². The lowest BCUT2D eigenvalue weighted by molar-refractivity contribution is -0.115. The summed E-state index contributed by atoms with van der Waals surface area (Å²) in [6, 6.07) is 13.8. The fourth-order valence-corrected chi connectivity index (χ4v) is 2.40. The quantitative estimate of drug-likeness (QED) is 0.795. The Morgan fingerprint density at radius 1 is 0.905 bits per heavy atom. The number of imide groups is 1. The minimum Gasteiger partial charge on any atom is -0.284 e. The van der Waals surface area contributed by atoms with Crippen molar-refractivity contribution in [3.63, 3.8) is 0 Å². The Bertz CT molecular complexity index is 695. The largest absolute Gasteiger partial charge is 0.336 e. The van der Waals surface area contributed by atoms with E-state index in [9.17, 15) is 9.59 Å². The van der Waals surface area contributed by atoms with E-state index in [1.165, 1.54) is 9.80 Å². The van der Waals surface area contributed by atoms with Crippen LogP contribution in [0.2, 0.25) is 5.02 Å². The highest BCUT2D eigenvalue weighted by Gasteiger charge is 2.37. The lowest BCUT2D eigenvalue weighted by atomic mass is 10.2. The van der Waals surface area contributed by atoms with Gasteiger partial charge in [0.2, 0.25) is 0 Å². The van der Waals surface area contributed by atoms with Crippen molar-refractivity contribution in [2.45, 2.75) is 6.92 Å². The fourth-order valence-electron chi connectivity index (χ4n) is 2.27. The molecule has 3 rings (SSSR count). The van der Waals surface area contributed by atoms with Crippen molar-refractivity contribution in [3.05, 3.63) is 59.1 Å². The van der Waals surface area contributed by atoms with Gasteiger partial charge in [-0.05, 0) is 43.3 Å². The number of benzene rings is 2. The normalized spacial score (nSPS) is 15.0. The van der Waals surface area contributed by atoms with Crippen LogP contribution in [0.3, 0.4) is 0 Å². The number of anilines is 2. The molecule has 0 radical (unpaired) electrons. The van der Waals surface area contributed by atoms with E-state index in [0.29, 0.717) is 16.4 Å². The molecule has 2 aromatic carbocycles. The Hall–Kier alpha value is -2.33. The van der Waals surface area contributed by atoms with Crippen LogP contribution in [0.1, 0.15) is 5.56 Å². The molecule has 1 aliphatic heterocycles. The second kappa shape index (κ2) is 5.22. The zero-order valence-electron chi connectivity index (χ0n) is 11.4. The molecule has 21 heavy (non-hydrogen) atoms. The molecule has 1 aliphatic rings. The smallest absolute Gasteiger partial charge is 0.284 e. The number of carbonyl (C=O) groups excluding carboxylic acids is 2. The molecule has 0 bridgehead atoms. The van der Waals surface area contributed by atoms with E-state index in [1.807, 2.05) is 19.1 Å². The van der Waals surface area contributed by atoms with Crippen molar-refractivity contribution in [3.8, 4) is 0 Å². The molecule has 5 heteroatoms. The summed E-state index contributed by atoms with van der Waals surface area (Å²) in [6.45, 7) is 1.99. The van der Waals surface area contributed by atoms with Crippen LogP contribution < -0.4 is 9.80 Å². The molecule has 2 aromatic rings. The second-order valence-electron chi connectivity index (χ2n) is 4.91. The molecule has 1 heterocycles. The molecule has 0 aliphatic carbocycles. The molecule has 0 unspecified atom stereocenters. The summed E-state index contributed by atoms with van der Waals surface area (Å²) in [5, 5.41) is 0.590. The molecule has 3 amide bonds. The maximum atomic E-state index is 12.5. The molecule has 0 atom stereocenters. The molecular weight excluding hydrogens is 288 g/mol. The molecule has 106 valence electrons. The molecule has 0 N–H and O–H groups in total. The van der Waals surface area contributed by atoms with Crippen LogP contribution in [0.25, 0.3) is 0 Å². The molecular formula is C16H13ClN2O2. The maximum absolute atomic E-state index is 12.5. The lowest BCUT2D eigenvalue weighted by Crippen LogP contribution is -2.32. The van der Waals surface area contributed by atoms with Gasteiger partial charge in [0.25, 0.3) is 5.91 Å². The van der Waals surface area contributed by atoms with Gasteiger partial charge in [-0.1, -0.05) is 29.3 Å². The lowest BCUT2D eigenvalue weighted by Gasteiger charge is -2.17. The Kier molecular flexibility index (Phi) is 3.39. The van der Waals surface area contributed by atoms with Crippen molar-refractivity contribution in [1.82, 2.24) is 0 Å². The van der Waals surface area contributed by atoms with Crippen molar-refractivity contribution in [2.75, 3.05) is 16.3 Å². The van der Waals surface area contributed by atoms with Gasteiger partial charge < -0.3 is 0 Å². The van der Waals surface area contributed by atoms with Crippen molar-refractivity contribution < 1.29 is 9.59 Å². The number of halogens is 1. The average Bonchev–Trinajstić information content (AvgIpc) is 2.76. The molecule has 4 nitrogen and oxygen atoms in total. The number of rotatable bonds is 2. The van der Waals surface area contributed by atoms with Gasteiger partial charge in [-0.15, -0.1) is 0 Å². The number of hydrogen-bond acceptors (Lipinski definition) is 2. The SMILES string of the molecule is Cc1ccc(N2C(=O)CN(c3ccc(Cl)cc3)C2=O)cc1. The summed E-state index contributed by atoms with van der Waals surface area (Å²) in [5.74, 6) is -0.237. The summed E-state index contributed by atoms with van der Waals surface area (Å²) in [5.41, 5.74) is 2.33. The van der Waals surface area contributed by atoms with Gasteiger partial charge in [0.15, 0.2) is 0 Å². The van der Waals surface area contributed by atoms with E-state index >= 15 is 0 Å². The van der Waals surface area contributed by atoms with Crippen molar-refractivity contribution >= 4 is 34.9 Å². The molecule has 0 aromatic heterocycles. The summed E-state index contributed by atoms with van der Waals surface area (Å²) in [7, 11) is 0. The van der Waals surface area contributed by atoms with E-state index in [1.54, 1.807) is 36.4 Å². The van der Waals surface area contributed by atoms with Gasteiger partial charge in [-0.3, -0.25) is 9.69 Å². The number of amides is 3. The third kappa shape index (κ3) is 2.50. The highest BCUT2D eigenvalue weighted by atomic mass is 35.5. The third-order valence-electron chi connectivity index (χ3n) is 3.40. The van der Waals surface area contributed by atoms with E-state index < -0.39 is 0 Å². The number of nitrogens with zero attached hydrogens (tertiary/aromatic N) is 2. The van der Waals surface area contributed by atoms with Gasteiger partial charge in [-0.25, -0.2) is 9.69 Å². The van der Waals surface area contributed by atoms with Gasteiger partial charge in [0.05, 0.1) is 5.69 Å². The summed E-state index contributed by atoms with van der Waals surface area (Å²) in [6.07, 6.45) is 0. The van der Waals surface area contributed by atoms with Crippen LogP contribution in [-0.4, -0.2) is 18.5 Å². The first kappa shape index (κ1) is 13.6. The van der Waals surface area contributed by atoms with Crippen LogP contribution in [-0.2, 0) is 4.79 Å². The van der Waals surface area contributed by atoms with Gasteiger partial charge in [0, 0.05) is 10.7 Å². The van der Waals surface area contributed by atoms with Crippen LogP contribution in [0.4, 0.5) is 16.2 Å². The first-order valence-electron chi connectivity index (χ1n) is 6.53. The predicted molar refractivity (Wildman–Crippen MR) is 82.9 cm³/mol. The monoisotopic (exact) mass is 300 g/mol. The summed E-state index contributed by atoms with van der Waals surface area (Å²) >= 11 is 5.84. The Morgan fingerprint density at radius 2 is 1.48 bits per heavy atom. The topological polar surface area (TPSA) is 40.6 Å². The van der Waals surface area contributed by atoms with Crippen LogP contribution >= 0.6 is 11.6 Å². The number of aryl methyl sites for hydroxylation is 1. The fraction of sp³-hybridized carbons (Fsp3) is 0.125. The van der Waals surface area contributed by atoms with Crippen LogP contribution in [0.5, 0.6) is 0 Å². The van der Waals surface area contributed by atoms with Crippen LogP contribution in [0.15, 0.2) is 48.5 Å². The highest BCUT2D eigenvalue weighted by molar-refractivity contribution is 6.31. The minimum absolute atomic E-state index is 0.0361. The van der Waals surface area contributed by atoms with Gasteiger partial charge in [0.1, 0.15) is 6.54 Å². The standard InChI is InChI=1S/C16H13ClN2O2/c1-11-2-6-14(7-3-11)19-15(20)10-18(16(19)21)13-8-4-12(17)5-9-13/h2-9H,10H2,1H3. The zero-order valence-corrected chi connectivity index (χ0v) is 12.2. The Morgan fingerprint density at radius 3 is 2.10 bits per heavy atom. The zero-order chi connectivity index (χ0) is 15.0. The molecule has 1 fully saturated rings. The molecule has 0 saturated carbocycles. The number of hydrogen-bond donors (Lipinski definition) is 0. The minimum atomic E-state index is -0.342. The van der Waals surface area contributed by atoms with E-state index in [2.05, 4.69) is 0 Å². The van der Waals surface area contributed by atoms with E-state index in [4.69, 9.17) is 11.6 Å². The molecule has 0 spiro atoms. The Labute approximate surface area is 127 Å². The van der Waals surface area contributed by atoms with Gasteiger partial charge in [-0.2, -0.15) is 0 Å². The first-order chi connectivity index (χ1) is 10.1. The highest BCUT2D eigenvalue weighted by Crippen LogP contribution is 2.27. The number of carbonyl (C=O) groups is 2. The first-order valence-corrected chi connectivity index (χ1v) is 6.91. The predicted octanol–water partition coefficient (Wildman–Crippen LogP) is 3.62.